The fraction of sp³-hybridized carbons (Fsp3) is 0.571. The van der Waals surface area contributed by atoms with Crippen molar-refractivity contribution in [1.82, 2.24) is 5.32 Å². The molecule has 1 atom stereocenters. The minimum Gasteiger partial charge on any atom is -0.497 e. The van der Waals surface area contributed by atoms with Gasteiger partial charge in [-0.1, -0.05) is 12.1 Å². The van der Waals surface area contributed by atoms with Crippen molar-refractivity contribution in [2.45, 2.75) is 31.9 Å². The molecule has 0 amide bonds. The standard InChI is InChI=1S/C14H21NO2/c1-3-17-14(10-15-12-6-7-12)11-4-8-13(16-2)9-5-11/h4-5,8-9,12,14-15H,3,6-7,10H2,1-2H3. The molecule has 1 saturated carbocycles. The topological polar surface area (TPSA) is 30.5 Å². The number of benzene rings is 1. The largest absolute Gasteiger partial charge is 0.497 e. The minimum absolute atomic E-state index is 0.145. The Morgan fingerprint density at radius 3 is 2.53 bits per heavy atom. The Balaban J connectivity index is 1.96. The molecular weight excluding hydrogens is 214 g/mol. The Bertz CT molecular complexity index is 333. The molecule has 94 valence electrons. The molecule has 0 radical (unpaired) electrons. The van der Waals surface area contributed by atoms with Crippen LogP contribution in [0.3, 0.4) is 0 Å². The maximum atomic E-state index is 5.78. The lowest BCUT2D eigenvalue weighted by molar-refractivity contribution is 0.0620. The van der Waals surface area contributed by atoms with Gasteiger partial charge in [0.05, 0.1) is 13.2 Å². The number of rotatable bonds is 7. The Morgan fingerprint density at radius 2 is 2.00 bits per heavy atom. The highest BCUT2D eigenvalue weighted by molar-refractivity contribution is 5.28. The molecule has 3 nitrogen and oxygen atoms in total. The van der Waals surface area contributed by atoms with Crippen LogP contribution in [0.2, 0.25) is 0 Å². The summed E-state index contributed by atoms with van der Waals surface area (Å²) in [6.07, 6.45) is 2.76. The van der Waals surface area contributed by atoms with Crippen LogP contribution in [-0.4, -0.2) is 26.3 Å². The zero-order valence-electron chi connectivity index (χ0n) is 10.6. The van der Waals surface area contributed by atoms with Crippen molar-refractivity contribution in [3.63, 3.8) is 0 Å². The number of nitrogens with one attached hydrogen (secondary N) is 1. The predicted octanol–water partition coefficient (Wildman–Crippen LogP) is 2.52. The molecule has 0 saturated heterocycles. The van der Waals surface area contributed by atoms with E-state index in [4.69, 9.17) is 9.47 Å². The van der Waals surface area contributed by atoms with Gasteiger partial charge in [0.25, 0.3) is 0 Å². The third-order valence-electron chi connectivity index (χ3n) is 3.02. The number of hydrogen-bond acceptors (Lipinski definition) is 3. The molecule has 1 unspecified atom stereocenters. The Morgan fingerprint density at radius 1 is 1.29 bits per heavy atom. The van der Waals surface area contributed by atoms with Gasteiger partial charge in [0, 0.05) is 19.2 Å². The van der Waals surface area contributed by atoms with Gasteiger partial charge in [0.15, 0.2) is 0 Å². The first-order valence-corrected chi connectivity index (χ1v) is 6.32. The van der Waals surface area contributed by atoms with Crippen molar-refractivity contribution in [2.24, 2.45) is 0 Å². The van der Waals surface area contributed by atoms with Gasteiger partial charge in [-0.2, -0.15) is 0 Å². The Labute approximate surface area is 103 Å². The Kier molecular flexibility index (Phi) is 4.40. The summed E-state index contributed by atoms with van der Waals surface area (Å²) in [5.74, 6) is 0.888. The molecule has 1 aromatic rings. The highest BCUT2D eigenvalue weighted by atomic mass is 16.5. The lowest BCUT2D eigenvalue weighted by Gasteiger charge is -2.18. The maximum absolute atomic E-state index is 5.78. The minimum atomic E-state index is 0.145. The van der Waals surface area contributed by atoms with E-state index >= 15 is 0 Å². The van der Waals surface area contributed by atoms with Crippen LogP contribution in [-0.2, 0) is 4.74 Å². The van der Waals surface area contributed by atoms with Gasteiger partial charge in [-0.05, 0) is 37.5 Å². The first-order valence-electron chi connectivity index (χ1n) is 6.32. The SMILES string of the molecule is CCOC(CNC1CC1)c1ccc(OC)cc1. The van der Waals surface area contributed by atoms with E-state index in [0.29, 0.717) is 0 Å². The van der Waals surface area contributed by atoms with E-state index in [1.165, 1.54) is 18.4 Å². The van der Waals surface area contributed by atoms with Crippen LogP contribution in [0.5, 0.6) is 5.75 Å². The molecule has 1 aliphatic carbocycles. The number of hydrogen-bond donors (Lipinski definition) is 1. The third kappa shape index (κ3) is 3.72. The highest BCUT2D eigenvalue weighted by Crippen LogP contribution is 2.23. The van der Waals surface area contributed by atoms with Gasteiger partial charge in [0.2, 0.25) is 0 Å². The van der Waals surface area contributed by atoms with Gasteiger partial charge >= 0.3 is 0 Å². The van der Waals surface area contributed by atoms with Crippen LogP contribution in [0.25, 0.3) is 0 Å². The highest BCUT2D eigenvalue weighted by Gasteiger charge is 2.22. The lowest BCUT2D eigenvalue weighted by Crippen LogP contribution is -2.25. The van der Waals surface area contributed by atoms with Gasteiger partial charge in [0.1, 0.15) is 5.75 Å². The Hall–Kier alpha value is -1.06. The van der Waals surface area contributed by atoms with Crippen molar-refractivity contribution in [3.05, 3.63) is 29.8 Å². The second-order valence-corrected chi connectivity index (χ2v) is 4.40. The maximum Gasteiger partial charge on any atom is 0.118 e. The quantitative estimate of drug-likeness (QED) is 0.787. The van der Waals surface area contributed by atoms with E-state index in [0.717, 1.165) is 24.9 Å². The van der Waals surface area contributed by atoms with Gasteiger partial charge in [-0.15, -0.1) is 0 Å². The van der Waals surface area contributed by atoms with Gasteiger partial charge in [-0.3, -0.25) is 0 Å². The molecule has 0 aliphatic heterocycles. The molecule has 0 spiro atoms. The summed E-state index contributed by atoms with van der Waals surface area (Å²) in [5.41, 5.74) is 1.21. The molecular formula is C14H21NO2. The van der Waals surface area contributed by atoms with Gasteiger partial charge in [-0.25, -0.2) is 0 Å². The average molecular weight is 235 g/mol. The third-order valence-corrected chi connectivity index (χ3v) is 3.02. The summed E-state index contributed by atoms with van der Waals surface area (Å²) in [6.45, 7) is 3.67. The lowest BCUT2D eigenvalue weighted by atomic mass is 10.1. The van der Waals surface area contributed by atoms with E-state index in [1.54, 1.807) is 7.11 Å². The summed E-state index contributed by atoms with van der Waals surface area (Å²) < 4.78 is 10.9. The molecule has 1 fully saturated rings. The van der Waals surface area contributed by atoms with E-state index in [2.05, 4.69) is 17.4 Å². The molecule has 2 rings (SSSR count). The number of ether oxygens (including phenoxy) is 2. The molecule has 1 aliphatic rings. The van der Waals surface area contributed by atoms with E-state index in [1.807, 2.05) is 19.1 Å². The summed E-state index contributed by atoms with van der Waals surface area (Å²) in [6, 6.07) is 8.84. The normalized spacial score (nSPS) is 16.8. The smallest absolute Gasteiger partial charge is 0.118 e. The van der Waals surface area contributed by atoms with E-state index in [9.17, 15) is 0 Å². The number of methoxy groups -OCH3 is 1. The molecule has 1 N–H and O–H groups in total. The zero-order valence-corrected chi connectivity index (χ0v) is 10.6. The van der Waals surface area contributed by atoms with Crippen LogP contribution in [0.4, 0.5) is 0 Å². The van der Waals surface area contributed by atoms with Crippen molar-refractivity contribution in [3.8, 4) is 5.75 Å². The first kappa shape index (κ1) is 12.4. The van der Waals surface area contributed by atoms with E-state index in [-0.39, 0.29) is 6.10 Å². The second kappa shape index (κ2) is 6.03. The van der Waals surface area contributed by atoms with Crippen molar-refractivity contribution in [1.29, 1.82) is 0 Å². The fourth-order valence-corrected chi connectivity index (χ4v) is 1.85. The first-order chi connectivity index (χ1) is 8.33. The van der Waals surface area contributed by atoms with Crippen molar-refractivity contribution >= 4 is 0 Å². The zero-order chi connectivity index (χ0) is 12.1. The summed E-state index contributed by atoms with van der Waals surface area (Å²) in [5, 5.41) is 3.51. The van der Waals surface area contributed by atoms with Crippen LogP contribution >= 0.6 is 0 Å². The monoisotopic (exact) mass is 235 g/mol. The molecule has 3 heteroatoms. The summed E-state index contributed by atoms with van der Waals surface area (Å²) in [7, 11) is 1.68. The molecule has 17 heavy (non-hydrogen) atoms. The van der Waals surface area contributed by atoms with E-state index < -0.39 is 0 Å². The van der Waals surface area contributed by atoms with Crippen LogP contribution in [0.15, 0.2) is 24.3 Å². The summed E-state index contributed by atoms with van der Waals surface area (Å²) >= 11 is 0. The molecule has 0 heterocycles. The second-order valence-electron chi connectivity index (χ2n) is 4.40. The average Bonchev–Trinajstić information content (AvgIpc) is 3.19. The summed E-state index contributed by atoms with van der Waals surface area (Å²) in [4.78, 5) is 0. The molecule has 0 aromatic heterocycles. The van der Waals surface area contributed by atoms with Crippen LogP contribution < -0.4 is 10.1 Å². The molecule has 1 aromatic carbocycles. The predicted molar refractivity (Wildman–Crippen MR) is 68.4 cm³/mol. The van der Waals surface area contributed by atoms with Gasteiger partial charge < -0.3 is 14.8 Å². The van der Waals surface area contributed by atoms with Crippen LogP contribution in [0, 0.1) is 0 Å². The molecule has 0 bridgehead atoms. The van der Waals surface area contributed by atoms with Crippen molar-refractivity contribution in [2.75, 3.05) is 20.3 Å². The van der Waals surface area contributed by atoms with Crippen LogP contribution in [0.1, 0.15) is 31.4 Å². The fourth-order valence-electron chi connectivity index (χ4n) is 1.85. The van der Waals surface area contributed by atoms with Crippen molar-refractivity contribution < 1.29 is 9.47 Å².